The Kier molecular flexibility index (Phi) is 10.4. The highest BCUT2D eigenvalue weighted by molar-refractivity contribution is 6.15. The first-order valence-electron chi connectivity index (χ1n) is 15.3. The Morgan fingerprint density at radius 1 is 1.13 bits per heavy atom. The van der Waals surface area contributed by atoms with E-state index < -0.39 is 17.9 Å². The number of nitrogens with zero attached hydrogens (tertiary/aromatic N) is 5. The number of benzene rings is 2. The van der Waals surface area contributed by atoms with Crippen LogP contribution in [0.5, 0.6) is 0 Å². The van der Waals surface area contributed by atoms with Gasteiger partial charge in [0.2, 0.25) is 5.91 Å². The lowest BCUT2D eigenvalue weighted by molar-refractivity contribution is -0.130. The molecule has 2 aliphatic rings. The molecule has 2 atom stereocenters. The highest BCUT2D eigenvalue weighted by atomic mass is 16.5. The number of nitrogens with two attached hydrogens (primary N) is 1. The molecule has 0 aliphatic carbocycles. The Bertz CT molecular complexity index is 1640. The number of hydrogen-bond donors (Lipinski definition) is 3. The standard InChI is InChI=1S/C34H40N8O4/c1-4-42-31(37-26-11-6-5-7-12-26)27(20-35)29(30(34(42)45)38-33(44)28-13-14-40(3)39-28)25-10-8-9-24(19-25)21-36-32(43)23(2)22-41-15-17-46-18-16-41/h5-14,19-20,29-30H,2,4,15-18,21-22,35H2,1,3H3,(H,36,43)(H,38,44)/b27-20-,37-31?/t29-,30+/m1/s1. The number of para-hydroxylation sites is 1. The van der Waals surface area contributed by atoms with Gasteiger partial charge in [-0.1, -0.05) is 49.0 Å². The molecular formula is C34H40N8O4. The van der Waals surface area contributed by atoms with Crippen LogP contribution in [0.25, 0.3) is 0 Å². The van der Waals surface area contributed by atoms with Gasteiger partial charge in [-0.3, -0.25) is 28.9 Å². The molecule has 0 radical (unpaired) electrons. The van der Waals surface area contributed by atoms with Crippen LogP contribution in [-0.2, 0) is 27.9 Å². The summed E-state index contributed by atoms with van der Waals surface area (Å²) in [4.78, 5) is 48.9. The van der Waals surface area contributed by atoms with Crippen molar-refractivity contribution in [2.75, 3.05) is 39.4 Å². The molecule has 0 spiro atoms. The number of likely N-dealkylation sites (N-methyl/N-ethyl adjacent to an activating group) is 1. The van der Waals surface area contributed by atoms with E-state index >= 15 is 0 Å². The summed E-state index contributed by atoms with van der Waals surface area (Å²) in [5.41, 5.74) is 9.74. The number of aliphatic imine (C=N–C) groups is 1. The molecule has 2 saturated heterocycles. The summed E-state index contributed by atoms with van der Waals surface area (Å²) in [6.07, 6.45) is 3.11. The van der Waals surface area contributed by atoms with Gasteiger partial charge in [0.1, 0.15) is 17.6 Å². The summed E-state index contributed by atoms with van der Waals surface area (Å²) in [5, 5.41) is 10.1. The Morgan fingerprint density at radius 2 is 1.89 bits per heavy atom. The van der Waals surface area contributed by atoms with Gasteiger partial charge in [0, 0.05) is 69.2 Å². The molecule has 12 nitrogen and oxygen atoms in total. The van der Waals surface area contributed by atoms with Gasteiger partial charge in [0.05, 0.1) is 18.9 Å². The first-order chi connectivity index (χ1) is 22.3. The summed E-state index contributed by atoms with van der Waals surface area (Å²) < 4.78 is 6.91. The number of rotatable bonds is 10. The molecule has 240 valence electrons. The molecule has 3 amide bonds. The molecule has 3 aromatic rings. The number of ether oxygens (including phenoxy) is 1. The SMILES string of the molecule is C=C(CN1CCOCC1)C(=O)NCc1cccc([C@@H]2/C(=C/N)C(=Nc3ccccc3)N(CC)C(=O)[C@H]2NC(=O)c2ccn(C)n2)c1. The number of morpholine rings is 1. The topological polar surface area (TPSA) is 147 Å². The fourth-order valence-corrected chi connectivity index (χ4v) is 5.70. The van der Waals surface area contributed by atoms with Crippen molar-refractivity contribution < 1.29 is 19.1 Å². The van der Waals surface area contributed by atoms with Crippen molar-refractivity contribution in [3.63, 3.8) is 0 Å². The van der Waals surface area contributed by atoms with Gasteiger partial charge in [-0.15, -0.1) is 0 Å². The largest absolute Gasteiger partial charge is 0.404 e. The molecular weight excluding hydrogens is 584 g/mol. The minimum atomic E-state index is -1.00. The van der Waals surface area contributed by atoms with E-state index in [2.05, 4.69) is 27.2 Å². The number of carbonyl (C=O) groups excluding carboxylic acids is 3. The minimum Gasteiger partial charge on any atom is -0.404 e. The molecule has 2 aliphatic heterocycles. The third-order valence-corrected chi connectivity index (χ3v) is 8.04. The van der Waals surface area contributed by atoms with E-state index in [0.29, 0.717) is 49.0 Å². The summed E-state index contributed by atoms with van der Waals surface area (Å²) in [6, 6.07) is 17.4. The molecule has 2 fully saturated rings. The Balaban J connectivity index is 1.45. The van der Waals surface area contributed by atoms with Crippen LogP contribution in [0.4, 0.5) is 5.69 Å². The predicted octanol–water partition coefficient (Wildman–Crippen LogP) is 2.24. The molecule has 46 heavy (non-hydrogen) atoms. The molecule has 0 saturated carbocycles. The maximum atomic E-state index is 14.2. The van der Waals surface area contributed by atoms with Crippen molar-refractivity contribution in [1.82, 2.24) is 30.2 Å². The first kappa shape index (κ1) is 32.3. The van der Waals surface area contributed by atoms with Gasteiger partial charge in [0.25, 0.3) is 11.8 Å². The zero-order valence-corrected chi connectivity index (χ0v) is 26.2. The highest BCUT2D eigenvalue weighted by Gasteiger charge is 2.45. The van der Waals surface area contributed by atoms with Crippen LogP contribution in [-0.4, -0.2) is 88.6 Å². The van der Waals surface area contributed by atoms with Gasteiger partial charge in [-0.25, -0.2) is 4.99 Å². The molecule has 3 heterocycles. The fourth-order valence-electron chi connectivity index (χ4n) is 5.70. The van der Waals surface area contributed by atoms with Crippen molar-refractivity contribution in [2.24, 2.45) is 17.8 Å². The number of likely N-dealkylation sites (tertiary alicyclic amines) is 1. The molecule has 4 N–H and O–H groups in total. The monoisotopic (exact) mass is 624 g/mol. The minimum absolute atomic E-state index is 0.188. The smallest absolute Gasteiger partial charge is 0.272 e. The van der Waals surface area contributed by atoms with Gasteiger partial charge < -0.3 is 21.1 Å². The predicted molar refractivity (Wildman–Crippen MR) is 175 cm³/mol. The second kappa shape index (κ2) is 14.8. The third kappa shape index (κ3) is 7.41. The lowest BCUT2D eigenvalue weighted by Gasteiger charge is -2.40. The summed E-state index contributed by atoms with van der Waals surface area (Å²) in [5.74, 6) is -1.31. The maximum Gasteiger partial charge on any atom is 0.272 e. The van der Waals surface area contributed by atoms with Crippen LogP contribution >= 0.6 is 0 Å². The lowest BCUT2D eigenvalue weighted by Crippen LogP contribution is -2.59. The number of piperidine rings is 1. The average Bonchev–Trinajstić information content (AvgIpc) is 3.52. The summed E-state index contributed by atoms with van der Waals surface area (Å²) >= 11 is 0. The van der Waals surface area contributed by atoms with E-state index in [0.717, 1.165) is 24.2 Å². The van der Waals surface area contributed by atoms with Crippen LogP contribution in [0.15, 0.2) is 95.8 Å². The Hall–Kier alpha value is -5.07. The van der Waals surface area contributed by atoms with E-state index in [4.69, 9.17) is 15.5 Å². The average molecular weight is 625 g/mol. The van der Waals surface area contributed by atoms with Crippen LogP contribution in [0.2, 0.25) is 0 Å². The molecule has 0 unspecified atom stereocenters. The molecule has 1 aromatic heterocycles. The number of nitrogens with one attached hydrogen (secondary N) is 2. The van der Waals surface area contributed by atoms with E-state index in [1.165, 1.54) is 15.8 Å². The lowest BCUT2D eigenvalue weighted by atomic mass is 9.79. The van der Waals surface area contributed by atoms with Crippen LogP contribution in [0.1, 0.15) is 34.5 Å². The van der Waals surface area contributed by atoms with Crippen molar-refractivity contribution in [3.8, 4) is 0 Å². The maximum absolute atomic E-state index is 14.2. The Labute approximate surface area is 268 Å². The van der Waals surface area contributed by atoms with E-state index in [-0.39, 0.29) is 24.1 Å². The number of amides is 3. The van der Waals surface area contributed by atoms with Gasteiger partial charge in [-0.2, -0.15) is 5.10 Å². The van der Waals surface area contributed by atoms with Crippen LogP contribution < -0.4 is 16.4 Å². The van der Waals surface area contributed by atoms with E-state index in [9.17, 15) is 14.4 Å². The fraction of sp³-hybridized carbons (Fsp3) is 0.324. The van der Waals surface area contributed by atoms with Crippen molar-refractivity contribution in [3.05, 3.63) is 108 Å². The number of amidine groups is 1. The van der Waals surface area contributed by atoms with Gasteiger partial charge in [-0.05, 0) is 36.2 Å². The Morgan fingerprint density at radius 3 is 2.57 bits per heavy atom. The number of aromatic nitrogens is 2. The number of aryl methyl sites for hydroxylation is 1. The molecule has 2 aromatic carbocycles. The quantitative estimate of drug-likeness (QED) is 0.293. The van der Waals surface area contributed by atoms with E-state index in [1.54, 1.807) is 19.3 Å². The van der Waals surface area contributed by atoms with Crippen molar-refractivity contribution in [2.45, 2.75) is 25.4 Å². The second-order valence-electron chi connectivity index (χ2n) is 11.2. The zero-order valence-electron chi connectivity index (χ0n) is 26.2. The summed E-state index contributed by atoms with van der Waals surface area (Å²) in [6.45, 7) is 9.66. The normalized spacial score (nSPS) is 20.6. The van der Waals surface area contributed by atoms with Gasteiger partial charge >= 0.3 is 0 Å². The van der Waals surface area contributed by atoms with Crippen molar-refractivity contribution in [1.29, 1.82) is 0 Å². The third-order valence-electron chi connectivity index (χ3n) is 8.04. The molecule has 0 bridgehead atoms. The highest BCUT2D eigenvalue weighted by Crippen LogP contribution is 2.36. The molecule has 12 heteroatoms. The summed E-state index contributed by atoms with van der Waals surface area (Å²) in [7, 11) is 1.72. The van der Waals surface area contributed by atoms with Crippen LogP contribution in [0.3, 0.4) is 0 Å². The molecule has 5 rings (SSSR count). The first-order valence-corrected chi connectivity index (χ1v) is 15.3. The number of carbonyl (C=O) groups is 3. The number of hydrogen-bond acceptors (Lipinski definition) is 8. The van der Waals surface area contributed by atoms with Gasteiger partial charge in [0.15, 0.2) is 0 Å². The van der Waals surface area contributed by atoms with Crippen LogP contribution in [0, 0.1) is 0 Å². The van der Waals surface area contributed by atoms with E-state index in [1.807, 2.05) is 61.5 Å². The van der Waals surface area contributed by atoms with Crippen molar-refractivity contribution >= 4 is 29.2 Å². The second-order valence-corrected chi connectivity index (χ2v) is 11.2. The zero-order chi connectivity index (χ0) is 32.6.